The minimum Gasteiger partial charge on any atom is -0.497 e. The van der Waals surface area contributed by atoms with Gasteiger partial charge in [-0.15, -0.1) is 0 Å². The molecule has 3 aromatic carbocycles. The van der Waals surface area contributed by atoms with Gasteiger partial charge >= 0.3 is 0 Å². The zero-order valence-corrected chi connectivity index (χ0v) is 20.8. The molecular formula is C27H24ClN3O3S. The predicted molar refractivity (Wildman–Crippen MR) is 140 cm³/mol. The fourth-order valence-electron chi connectivity index (χ4n) is 4.28. The highest BCUT2D eigenvalue weighted by Gasteiger charge is 2.43. The molecule has 0 aliphatic carbocycles. The van der Waals surface area contributed by atoms with Gasteiger partial charge in [0, 0.05) is 41.8 Å². The summed E-state index contributed by atoms with van der Waals surface area (Å²) < 4.78 is 5.23. The van der Waals surface area contributed by atoms with Crippen LogP contribution in [0.25, 0.3) is 0 Å². The van der Waals surface area contributed by atoms with Crippen LogP contribution in [0.4, 0.5) is 11.4 Å². The number of carbonyl (C=O) groups is 2. The molecule has 2 aliphatic rings. The number of hydrogen-bond acceptors (Lipinski definition) is 6. The lowest BCUT2D eigenvalue weighted by Gasteiger charge is -2.37. The average molecular weight is 506 g/mol. The molecule has 0 bridgehead atoms. The number of piperazine rings is 1. The first kappa shape index (κ1) is 23.3. The van der Waals surface area contributed by atoms with Gasteiger partial charge < -0.3 is 14.5 Å². The number of amides is 2. The minimum atomic E-state index is -0.319. The van der Waals surface area contributed by atoms with E-state index in [1.54, 1.807) is 43.5 Å². The minimum absolute atomic E-state index is 0.301. The summed E-state index contributed by atoms with van der Waals surface area (Å²) in [5.74, 6) is 0.0409. The molecule has 2 heterocycles. The van der Waals surface area contributed by atoms with Crippen molar-refractivity contribution in [3.05, 3.63) is 94.5 Å². The molecule has 0 spiro atoms. The molecule has 0 saturated carbocycles. The number of hydrogen-bond donors (Lipinski definition) is 0. The van der Waals surface area contributed by atoms with Crippen molar-refractivity contribution in [1.29, 1.82) is 0 Å². The standard InChI is InChI=1S/C27H24ClN3O3S/c1-34-22-11-9-21(10-12-22)31-26(32)24(25(27(31)33)35-23-13-7-19(28)8-14-23)30-17-15-29(16-18-30)20-5-3-2-4-6-20/h2-14H,15-18H2,1H3. The lowest BCUT2D eigenvalue weighted by molar-refractivity contribution is -0.121. The van der Waals surface area contributed by atoms with Crippen molar-refractivity contribution >= 4 is 46.6 Å². The Bertz CT molecular complexity index is 1260. The predicted octanol–water partition coefficient (Wildman–Crippen LogP) is 5.05. The van der Waals surface area contributed by atoms with Gasteiger partial charge in [-0.25, -0.2) is 4.90 Å². The van der Waals surface area contributed by atoms with Gasteiger partial charge in [-0.1, -0.05) is 41.6 Å². The Labute approximate surface area is 213 Å². The van der Waals surface area contributed by atoms with Gasteiger partial charge in [-0.2, -0.15) is 0 Å². The van der Waals surface area contributed by atoms with E-state index >= 15 is 0 Å². The van der Waals surface area contributed by atoms with Gasteiger partial charge in [0.25, 0.3) is 11.8 Å². The van der Waals surface area contributed by atoms with Crippen LogP contribution in [-0.2, 0) is 9.59 Å². The second kappa shape index (κ2) is 10.1. The quantitative estimate of drug-likeness (QED) is 0.437. The zero-order chi connectivity index (χ0) is 24.4. The third kappa shape index (κ3) is 4.74. The summed E-state index contributed by atoms with van der Waals surface area (Å²) >= 11 is 7.35. The van der Waals surface area contributed by atoms with Crippen LogP contribution in [0.3, 0.4) is 0 Å². The van der Waals surface area contributed by atoms with Crippen molar-refractivity contribution in [3.63, 3.8) is 0 Å². The second-order valence-corrected chi connectivity index (χ2v) is 9.71. The van der Waals surface area contributed by atoms with Crippen LogP contribution in [-0.4, -0.2) is 50.0 Å². The maximum absolute atomic E-state index is 13.7. The topological polar surface area (TPSA) is 53.1 Å². The van der Waals surface area contributed by atoms with Crippen molar-refractivity contribution in [2.45, 2.75) is 4.90 Å². The molecule has 2 aliphatic heterocycles. The summed E-state index contributed by atoms with van der Waals surface area (Å²) in [5, 5.41) is 0.620. The summed E-state index contributed by atoms with van der Waals surface area (Å²) in [4.78, 5) is 34.2. The number of halogens is 1. The Kier molecular flexibility index (Phi) is 6.70. The molecule has 0 unspecified atom stereocenters. The number of para-hydroxylation sites is 1. The summed E-state index contributed by atoms with van der Waals surface area (Å²) in [6.45, 7) is 2.81. The van der Waals surface area contributed by atoms with Crippen LogP contribution in [0, 0.1) is 0 Å². The third-order valence-corrected chi connectivity index (χ3v) is 7.43. The van der Waals surface area contributed by atoms with Crippen molar-refractivity contribution in [1.82, 2.24) is 4.90 Å². The highest BCUT2D eigenvalue weighted by molar-refractivity contribution is 8.04. The number of carbonyl (C=O) groups excluding carboxylic acids is 2. The maximum Gasteiger partial charge on any atom is 0.283 e. The molecule has 5 rings (SSSR count). The van der Waals surface area contributed by atoms with E-state index in [4.69, 9.17) is 16.3 Å². The molecule has 35 heavy (non-hydrogen) atoms. The summed E-state index contributed by atoms with van der Waals surface area (Å²) in [5.41, 5.74) is 2.14. The summed E-state index contributed by atoms with van der Waals surface area (Å²) in [6.07, 6.45) is 0. The normalized spacial score (nSPS) is 16.3. The number of nitrogens with zero attached hydrogens (tertiary/aromatic N) is 3. The van der Waals surface area contributed by atoms with E-state index in [2.05, 4.69) is 17.0 Å². The van der Waals surface area contributed by atoms with Gasteiger partial charge in [0.15, 0.2) is 0 Å². The molecule has 0 N–H and O–H groups in total. The van der Waals surface area contributed by atoms with Crippen molar-refractivity contribution in [3.8, 4) is 5.75 Å². The first-order valence-electron chi connectivity index (χ1n) is 11.3. The molecular weight excluding hydrogens is 482 g/mol. The first-order valence-corrected chi connectivity index (χ1v) is 12.5. The number of thioether (sulfide) groups is 1. The van der Waals surface area contributed by atoms with Gasteiger partial charge in [0.2, 0.25) is 0 Å². The Morgan fingerprint density at radius 2 is 1.37 bits per heavy atom. The summed E-state index contributed by atoms with van der Waals surface area (Å²) in [6, 6.07) is 24.5. The van der Waals surface area contributed by atoms with Crippen LogP contribution in [0.5, 0.6) is 5.75 Å². The molecule has 0 aromatic heterocycles. The highest BCUT2D eigenvalue weighted by atomic mass is 35.5. The fourth-order valence-corrected chi connectivity index (χ4v) is 5.41. The molecule has 8 heteroatoms. The molecule has 2 amide bonds. The SMILES string of the molecule is COc1ccc(N2C(=O)C(Sc3ccc(Cl)cc3)=C(N3CCN(c4ccccc4)CC3)C2=O)cc1. The number of imide groups is 1. The van der Waals surface area contributed by atoms with Crippen LogP contribution in [0.2, 0.25) is 5.02 Å². The van der Waals surface area contributed by atoms with Crippen molar-refractivity contribution in [2.75, 3.05) is 43.1 Å². The van der Waals surface area contributed by atoms with Gasteiger partial charge in [0.05, 0.1) is 12.8 Å². The van der Waals surface area contributed by atoms with Crippen LogP contribution < -0.4 is 14.5 Å². The third-order valence-electron chi connectivity index (χ3n) is 6.10. The van der Waals surface area contributed by atoms with E-state index in [-0.39, 0.29) is 11.8 Å². The molecule has 6 nitrogen and oxygen atoms in total. The van der Waals surface area contributed by atoms with Gasteiger partial charge in [0.1, 0.15) is 16.4 Å². The molecule has 0 radical (unpaired) electrons. The second-order valence-electron chi connectivity index (χ2n) is 8.19. The van der Waals surface area contributed by atoms with E-state index in [9.17, 15) is 9.59 Å². The largest absolute Gasteiger partial charge is 0.497 e. The Hall–Kier alpha value is -3.42. The average Bonchev–Trinajstić information content (AvgIpc) is 3.15. The Morgan fingerprint density at radius 1 is 0.743 bits per heavy atom. The van der Waals surface area contributed by atoms with Gasteiger partial charge in [-0.3, -0.25) is 9.59 Å². The molecule has 1 fully saturated rings. The molecule has 1 saturated heterocycles. The van der Waals surface area contributed by atoms with Crippen LogP contribution in [0.15, 0.2) is 94.4 Å². The smallest absolute Gasteiger partial charge is 0.283 e. The summed E-state index contributed by atoms with van der Waals surface area (Å²) in [7, 11) is 1.58. The Balaban J connectivity index is 1.45. The molecule has 3 aromatic rings. The Morgan fingerprint density at radius 3 is 2.00 bits per heavy atom. The number of ether oxygens (including phenoxy) is 1. The number of anilines is 2. The monoisotopic (exact) mass is 505 g/mol. The van der Waals surface area contributed by atoms with E-state index in [0.717, 1.165) is 23.7 Å². The van der Waals surface area contributed by atoms with Gasteiger partial charge in [-0.05, 0) is 60.7 Å². The van der Waals surface area contributed by atoms with E-state index in [0.29, 0.717) is 40.2 Å². The molecule has 0 atom stereocenters. The lowest BCUT2D eigenvalue weighted by Crippen LogP contribution is -2.47. The number of methoxy groups -OCH3 is 1. The maximum atomic E-state index is 13.7. The number of benzene rings is 3. The highest BCUT2D eigenvalue weighted by Crippen LogP contribution is 2.39. The fraction of sp³-hybridized carbons (Fsp3) is 0.185. The number of rotatable bonds is 6. The van der Waals surface area contributed by atoms with Crippen LogP contribution >= 0.6 is 23.4 Å². The van der Waals surface area contributed by atoms with E-state index < -0.39 is 0 Å². The van der Waals surface area contributed by atoms with E-state index in [1.807, 2.05) is 35.2 Å². The lowest BCUT2D eigenvalue weighted by atomic mass is 10.2. The van der Waals surface area contributed by atoms with Crippen molar-refractivity contribution in [2.24, 2.45) is 0 Å². The van der Waals surface area contributed by atoms with Crippen molar-refractivity contribution < 1.29 is 14.3 Å². The molecule has 178 valence electrons. The van der Waals surface area contributed by atoms with Crippen LogP contribution in [0.1, 0.15) is 0 Å². The zero-order valence-electron chi connectivity index (χ0n) is 19.2. The first-order chi connectivity index (χ1) is 17.0. The van der Waals surface area contributed by atoms with E-state index in [1.165, 1.54) is 16.7 Å².